The molecule has 2 aromatic heterocycles. The number of ether oxygens (including phenoxy) is 3. The lowest BCUT2D eigenvalue weighted by Crippen LogP contribution is -2.32. The first-order valence-electron chi connectivity index (χ1n) is 11.2. The first-order valence-corrected chi connectivity index (χ1v) is 16.7. The van der Waals surface area contributed by atoms with Gasteiger partial charge in [0.25, 0.3) is 21.2 Å². The number of methoxy groups -OCH3 is 1. The van der Waals surface area contributed by atoms with Gasteiger partial charge in [0.2, 0.25) is 11.9 Å². The predicted octanol–water partition coefficient (Wildman–Crippen LogP) is -0.199. The van der Waals surface area contributed by atoms with Gasteiger partial charge in [-0.05, 0) is 11.8 Å². The van der Waals surface area contributed by atoms with Gasteiger partial charge in [-0.3, -0.25) is 33.6 Å². The Labute approximate surface area is 229 Å². The van der Waals surface area contributed by atoms with E-state index in [-0.39, 0.29) is 23.5 Å². The van der Waals surface area contributed by atoms with Crippen molar-refractivity contribution in [2.24, 2.45) is 5.92 Å². The van der Waals surface area contributed by atoms with Gasteiger partial charge in [0.05, 0.1) is 12.9 Å². The molecular weight excluding hydrogens is 623 g/mol. The van der Waals surface area contributed by atoms with Crippen LogP contribution < -0.4 is 20.7 Å². The van der Waals surface area contributed by atoms with Gasteiger partial charge in [-0.2, -0.15) is 4.98 Å². The number of aromatic amines is 1. The summed E-state index contributed by atoms with van der Waals surface area (Å²) in [4.78, 5) is 70.8. The molecule has 2 N–H and O–H groups in total. The van der Waals surface area contributed by atoms with Crippen molar-refractivity contribution >= 4 is 63.2 Å². The highest BCUT2D eigenvalue weighted by molar-refractivity contribution is 8.10. The first-order chi connectivity index (χ1) is 18.6. The Balaban J connectivity index is 1.59. The van der Waals surface area contributed by atoms with Crippen molar-refractivity contribution in [3.8, 4) is 0 Å². The Bertz CT molecular complexity index is 1480. The number of amides is 1. The third kappa shape index (κ3) is 7.28. The fourth-order valence-electron chi connectivity index (χ4n) is 3.55. The van der Waals surface area contributed by atoms with Gasteiger partial charge in [-0.25, -0.2) is 22.7 Å². The number of hydrogen-bond donors (Lipinski definition) is 2. The lowest BCUT2D eigenvalue weighted by molar-refractivity contribution is -0.240. The van der Waals surface area contributed by atoms with E-state index < -0.39 is 77.4 Å². The zero-order chi connectivity index (χ0) is 29.5. The van der Waals surface area contributed by atoms with Crippen LogP contribution in [-0.4, -0.2) is 63.9 Å². The second kappa shape index (κ2) is 11.8. The highest BCUT2D eigenvalue weighted by atomic mass is 32.5. The summed E-state index contributed by atoms with van der Waals surface area (Å²) >= 11 is 4.85. The Kier molecular flexibility index (Phi) is 9.12. The molecule has 4 heterocycles. The van der Waals surface area contributed by atoms with Crippen LogP contribution in [0.25, 0.3) is 11.2 Å². The summed E-state index contributed by atoms with van der Waals surface area (Å²) < 4.78 is 58.6. The maximum atomic E-state index is 12.5. The normalized spacial score (nSPS) is 32.4. The van der Waals surface area contributed by atoms with Gasteiger partial charge in [0.1, 0.15) is 25.0 Å². The fraction of sp³-hybridized carbons (Fsp3) is 0.588. The van der Waals surface area contributed by atoms with Crippen molar-refractivity contribution in [1.82, 2.24) is 19.5 Å². The lowest BCUT2D eigenvalue weighted by atomic mass is 10.2. The van der Waals surface area contributed by atoms with Crippen LogP contribution in [0.3, 0.4) is 0 Å². The number of nitrogens with zero attached hydrogens (tertiary/aromatic N) is 3. The molecule has 0 saturated carbocycles. The molecule has 5 atom stereocenters. The number of esters is 1. The van der Waals surface area contributed by atoms with Gasteiger partial charge in [-0.1, -0.05) is 13.8 Å². The number of imidazole rings is 1. The van der Waals surface area contributed by atoms with E-state index >= 15 is 0 Å². The van der Waals surface area contributed by atoms with Crippen molar-refractivity contribution in [2.75, 3.05) is 25.6 Å². The summed E-state index contributed by atoms with van der Waals surface area (Å²) in [5, 5.41) is 2.48. The van der Waals surface area contributed by atoms with E-state index in [0.29, 0.717) is 0 Å². The molecule has 222 valence electrons. The van der Waals surface area contributed by atoms with Gasteiger partial charge < -0.3 is 28.5 Å². The number of nitrogens with one attached hydrogen (secondary N) is 2. The van der Waals surface area contributed by atoms with Crippen molar-refractivity contribution in [1.29, 1.82) is 0 Å². The Morgan fingerprint density at radius 3 is 2.58 bits per heavy atom. The SMILES string of the molecule is COCC(=O)O[C@H]1C[C@H](n2cnc3c(=O)[nH]c(NC(=O)C(C)C)nc32)O[C@@H]1COP1(=S)OP(=O)([O-])OP(=O)([O-])O1. The second-order valence-corrected chi connectivity index (χ2v) is 14.8. The Morgan fingerprint density at radius 2 is 1.95 bits per heavy atom. The summed E-state index contributed by atoms with van der Waals surface area (Å²) in [5.74, 6) is -1.75. The number of phosphoric acid groups is 2. The van der Waals surface area contributed by atoms with Crippen LogP contribution in [-0.2, 0) is 62.2 Å². The van der Waals surface area contributed by atoms with E-state index in [1.807, 2.05) is 0 Å². The summed E-state index contributed by atoms with van der Waals surface area (Å²) in [6.07, 6.45) is -2.08. The first kappa shape index (κ1) is 31.0. The molecular formula is C17H22N5O14P3S-2. The van der Waals surface area contributed by atoms with Crippen molar-refractivity contribution in [2.45, 2.75) is 38.7 Å². The summed E-state index contributed by atoms with van der Waals surface area (Å²) in [6, 6.07) is 0. The maximum Gasteiger partial charge on any atom is 0.340 e. The van der Waals surface area contributed by atoms with Crippen LogP contribution in [0.2, 0.25) is 0 Å². The standard InChI is InChI=1S/C17H24N5O14P3S/c1-8(2)15(24)20-17-19-14-13(16(25)21-17)18-7-22(14)11-4-9(33-12(23)6-30-3)10(32-11)5-31-39(40)35-37(26,27)34-38(28,29)36-39/h7-11H,4-6H2,1-3H3,(H,26,27)(H,28,29)(H2,19,20,21,24,25)/p-2/t9-,10+,11+/m0/s1. The number of fused-ring (bicyclic) bond motifs is 1. The van der Waals surface area contributed by atoms with E-state index in [1.165, 1.54) is 18.0 Å². The van der Waals surface area contributed by atoms with E-state index in [9.17, 15) is 33.3 Å². The molecule has 0 aromatic carbocycles. The van der Waals surface area contributed by atoms with Crippen molar-refractivity contribution < 1.29 is 60.2 Å². The smallest absolute Gasteiger partial charge is 0.340 e. The third-order valence-corrected chi connectivity index (χ3v) is 12.0. The number of hydrogen-bond acceptors (Lipinski definition) is 17. The Morgan fingerprint density at radius 1 is 1.27 bits per heavy atom. The highest BCUT2D eigenvalue weighted by Crippen LogP contribution is 2.77. The Hall–Kier alpha value is -1.92. The largest absolute Gasteiger partial charge is 0.756 e. The molecule has 2 aromatic rings. The average molecular weight is 645 g/mol. The van der Waals surface area contributed by atoms with Gasteiger partial charge >= 0.3 is 12.7 Å². The lowest BCUT2D eigenvalue weighted by Gasteiger charge is -2.40. The van der Waals surface area contributed by atoms with E-state index in [4.69, 9.17) is 30.5 Å². The number of aromatic nitrogens is 4. The highest BCUT2D eigenvalue weighted by Gasteiger charge is 2.44. The molecule has 23 heteroatoms. The summed E-state index contributed by atoms with van der Waals surface area (Å²) in [7, 11) is -9.53. The number of H-pyrrole nitrogens is 1. The molecule has 2 aliphatic rings. The zero-order valence-corrected chi connectivity index (χ0v) is 24.3. The fourth-order valence-corrected chi connectivity index (χ4v) is 10.0. The molecule has 0 aliphatic carbocycles. The number of rotatable bonds is 9. The molecule has 4 rings (SSSR count). The van der Waals surface area contributed by atoms with Crippen LogP contribution in [0.15, 0.2) is 11.1 Å². The zero-order valence-electron chi connectivity index (χ0n) is 20.8. The molecule has 19 nitrogen and oxygen atoms in total. The van der Waals surface area contributed by atoms with Crippen molar-refractivity contribution in [3.05, 3.63) is 16.7 Å². The molecule has 0 radical (unpaired) electrons. The molecule has 0 bridgehead atoms. The molecule has 2 fully saturated rings. The van der Waals surface area contributed by atoms with Crippen LogP contribution in [0, 0.1) is 5.92 Å². The number of carbonyl (C=O) groups excluding carboxylic acids is 2. The van der Waals surface area contributed by atoms with E-state index in [2.05, 4.69) is 33.2 Å². The van der Waals surface area contributed by atoms with Crippen LogP contribution in [0.4, 0.5) is 5.95 Å². The van der Waals surface area contributed by atoms with Crippen LogP contribution in [0.1, 0.15) is 26.5 Å². The molecule has 2 aliphatic heterocycles. The molecule has 2 saturated heterocycles. The third-order valence-electron chi connectivity index (χ3n) is 5.23. The summed E-state index contributed by atoms with van der Waals surface area (Å²) in [6.45, 7) is -2.22. The van der Waals surface area contributed by atoms with E-state index in [0.717, 1.165) is 0 Å². The van der Waals surface area contributed by atoms with Crippen LogP contribution in [0.5, 0.6) is 0 Å². The number of carbonyl (C=O) groups is 2. The number of anilines is 1. The quantitative estimate of drug-likeness (QED) is 0.264. The predicted molar refractivity (Wildman–Crippen MR) is 131 cm³/mol. The average Bonchev–Trinajstić information content (AvgIpc) is 3.39. The van der Waals surface area contributed by atoms with Gasteiger partial charge in [0.15, 0.2) is 11.2 Å². The molecule has 1 amide bonds. The minimum atomic E-state index is -5.40. The van der Waals surface area contributed by atoms with Gasteiger partial charge in [0, 0.05) is 19.4 Å². The molecule has 2 unspecified atom stereocenters. The maximum absolute atomic E-state index is 12.5. The van der Waals surface area contributed by atoms with Gasteiger partial charge in [-0.15, -0.1) is 0 Å². The minimum Gasteiger partial charge on any atom is -0.756 e. The van der Waals surface area contributed by atoms with E-state index in [1.54, 1.807) is 13.8 Å². The molecule has 40 heavy (non-hydrogen) atoms. The summed E-state index contributed by atoms with van der Waals surface area (Å²) in [5.41, 5.74) is -0.727. The topological polar surface area (TPSA) is 255 Å². The van der Waals surface area contributed by atoms with Crippen LogP contribution >= 0.6 is 22.4 Å². The minimum absolute atomic E-state index is 0.0132. The monoisotopic (exact) mass is 645 g/mol. The molecule has 0 spiro atoms. The second-order valence-electron chi connectivity index (χ2n) is 8.59. The van der Waals surface area contributed by atoms with Crippen molar-refractivity contribution in [3.63, 3.8) is 0 Å².